The first-order valence-electron chi connectivity index (χ1n) is 41.0. The largest absolute Gasteiger partial charge is 0.472 e. The number of ether oxygens (including phenoxy) is 2. The van der Waals surface area contributed by atoms with Gasteiger partial charge in [0.05, 0.1) is 27.7 Å². The molecular formula is C86H157NO8P+. The van der Waals surface area contributed by atoms with Crippen LogP contribution < -0.4 is 0 Å². The molecule has 0 amide bonds. The molecule has 0 aliphatic carbocycles. The molecule has 0 rings (SSSR count). The predicted octanol–water partition coefficient (Wildman–Crippen LogP) is 27.4. The molecule has 2 unspecified atom stereocenters. The van der Waals surface area contributed by atoms with Crippen LogP contribution in [0.5, 0.6) is 0 Å². The van der Waals surface area contributed by atoms with E-state index in [1.165, 1.54) is 257 Å². The lowest BCUT2D eigenvalue weighted by Crippen LogP contribution is -2.37. The fourth-order valence-corrected chi connectivity index (χ4v) is 12.7. The standard InChI is InChI=1S/C86H156NO8P/c1-6-8-10-12-14-16-18-20-22-24-26-28-30-32-34-36-38-40-42-43-45-46-48-50-52-54-56-58-60-62-64-66-68-70-72-74-76-78-85(88)92-82-84(83-94-96(90,91)93-81-80-87(3,4)5)95-86(89)79-77-75-73-71-69-67-65-63-61-59-57-55-53-51-49-47-44-41-39-37-35-33-31-29-27-25-23-21-19-17-15-13-11-9-7-2/h9,11,15,17,21,23,27,29,33,35,39,41,47,49,53,55,84H,6-8,10,12-14,16,18-20,22,24-26,28,30-32,34,36-38,40,42-46,48,50-52,54,56-83H2,1-5H3/p+1/b11-9-,17-15-,23-21-,29-27-,35-33-,41-39-,49-47-,55-53-. The van der Waals surface area contributed by atoms with Gasteiger partial charge in [0.2, 0.25) is 0 Å². The van der Waals surface area contributed by atoms with Crippen LogP contribution in [0.1, 0.15) is 386 Å². The number of phosphoric ester groups is 1. The van der Waals surface area contributed by atoms with Crippen molar-refractivity contribution >= 4 is 19.8 Å². The van der Waals surface area contributed by atoms with E-state index in [1.807, 2.05) is 21.1 Å². The normalized spacial score (nSPS) is 13.5. The van der Waals surface area contributed by atoms with Gasteiger partial charge in [-0.15, -0.1) is 0 Å². The van der Waals surface area contributed by atoms with E-state index >= 15 is 0 Å². The summed E-state index contributed by atoms with van der Waals surface area (Å²) in [5.41, 5.74) is 0. The predicted molar refractivity (Wildman–Crippen MR) is 418 cm³/mol. The molecule has 0 aromatic carbocycles. The Morgan fingerprint density at radius 3 is 0.885 bits per heavy atom. The number of quaternary nitrogens is 1. The molecule has 0 aliphatic rings. The quantitative estimate of drug-likeness (QED) is 0.0211. The third kappa shape index (κ3) is 79.9. The van der Waals surface area contributed by atoms with E-state index in [0.717, 1.165) is 96.3 Å². The summed E-state index contributed by atoms with van der Waals surface area (Å²) >= 11 is 0. The van der Waals surface area contributed by atoms with Crippen LogP contribution in [0, 0.1) is 0 Å². The number of carbonyl (C=O) groups is 2. The van der Waals surface area contributed by atoms with Crippen molar-refractivity contribution < 1.29 is 42.1 Å². The molecule has 558 valence electrons. The Morgan fingerprint density at radius 2 is 0.594 bits per heavy atom. The average Bonchev–Trinajstić information content (AvgIpc) is 2.74. The molecule has 96 heavy (non-hydrogen) atoms. The van der Waals surface area contributed by atoms with Crippen LogP contribution >= 0.6 is 7.82 Å². The maximum absolute atomic E-state index is 12.9. The van der Waals surface area contributed by atoms with E-state index in [9.17, 15) is 19.0 Å². The molecule has 0 bridgehead atoms. The van der Waals surface area contributed by atoms with Crippen LogP contribution in [-0.4, -0.2) is 74.9 Å². The highest BCUT2D eigenvalue weighted by molar-refractivity contribution is 7.47. The summed E-state index contributed by atoms with van der Waals surface area (Å²) in [6, 6.07) is 0. The molecule has 2 atom stereocenters. The van der Waals surface area contributed by atoms with E-state index in [2.05, 4.69) is 111 Å². The van der Waals surface area contributed by atoms with E-state index in [0.29, 0.717) is 17.4 Å². The van der Waals surface area contributed by atoms with Crippen molar-refractivity contribution in [2.45, 2.75) is 392 Å². The number of carbonyl (C=O) groups excluding carboxylic acids is 2. The zero-order valence-electron chi connectivity index (χ0n) is 63.9. The van der Waals surface area contributed by atoms with Gasteiger partial charge < -0.3 is 18.9 Å². The van der Waals surface area contributed by atoms with Crippen molar-refractivity contribution in [1.29, 1.82) is 0 Å². The number of hydrogen-bond donors (Lipinski definition) is 1. The first-order chi connectivity index (χ1) is 47.0. The van der Waals surface area contributed by atoms with Crippen molar-refractivity contribution in [2.75, 3.05) is 47.5 Å². The summed E-state index contributed by atoms with van der Waals surface area (Å²) in [7, 11) is 1.48. The molecule has 0 heterocycles. The average molecular weight is 1360 g/mol. The SMILES string of the molecule is CC/C=C\C/C=C\C/C=C\C/C=C\C/C=C\C/C=C\C/C=C\C/C=C\CCCCCCCCCCCCC(=O)OC(COC(=O)CCCCCCCCCCCCCCCCCCCCCCCCCCCCCCCCCCCCCCC)COP(=O)(O)OCC[N+](C)(C)C. The highest BCUT2D eigenvalue weighted by atomic mass is 31.2. The Labute approximate surface area is 595 Å². The van der Waals surface area contributed by atoms with Gasteiger partial charge in [0, 0.05) is 12.8 Å². The van der Waals surface area contributed by atoms with Crippen LogP contribution in [0.25, 0.3) is 0 Å². The monoisotopic (exact) mass is 1360 g/mol. The minimum absolute atomic E-state index is 0.0289. The molecule has 10 heteroatoms. The Balaban J connectivity index is 3.96. The van der Waals surface area contributed by atoms with Crippen LogP contribution in [0.2, 0.25) is 0 Å². The topological polar surface area (TPSA) is 108 Å². The molecule has 0 saturated carbocycles. The highest BCUT2D eigenvalue weighted by Gasteiger charge is 2.27. The van der Waals surface area contributed by atoms with Crippen LogP contribution in [-0.2, 0) is 32.7 Å². The number of rotatable bonds is 76. The van der Waals surface area contributed by atoms with Gasteiger partial charge in [-0.1, -0.05) is 394 Å². The summed E-state index contributed by atoms with van der Waals surface area (Å²) < 4.78 is 34.8. The van der Waals surface area contributed by atoms with Crippen molar-refractivity contribution in [3.05, 3.63) is 97.2 Å². The van der Waals surface area contributed by atoms with Gasteiger partial charge >= 0.3 is 19.8 Å². The number of likely N-dealkylation sites (N-methyl/N-ethyl adjacent to an activating group) is 1. The van der Waals surface area contributed by atoms with Crippen LogP contribution in [0.4, 0.5) is 0 Å². The lowest BCUT2D eigenvalue weighted by molar-refractivity contribution is -0.870. The summed E-state index contributed by atoms with van der Waals surface area (Å²) in [4.78, 5) is 36.0. The zero-order valence-corrected chi connectivity index (χ0v) is 64.7. The fraction of sp³-hybridized carbons (Fsp3) is 0.791. The van der Waals surface area contributed by atoms with Gasteiger partial charge in [-0.2, -0.15) is 0 Å². The number of phosphoric acid groups is 1. The van der Waals surface area contributed by atoms with E-state index < -0.39 is 26.5 Å². The fourth-order valence-electron chi connectivity index (χ4n) is 11.9. The van der Waals surface area contributed by atoms with Crippen molar-refractivity contribution in [1.82, 2.24) is 0 Å². The summed E-state index contributed by atoms with van der Waals surface area (Å²) in [5, 5.41) is 0. The van der Waals surface area contributed by atoms with Gasteiger partial charge in [-0.25, -0.2) is 4.57 Å². The van der Waals surface area contributed by atoms with E-state index in [1.54, 1.807) is 0 Å². The second-order valence-electron chi connectivity index (χ2n) is 28.8. The van der Waals surface area contributed by atoms with Gasteiger partial charge in [0.1, 0.15) is 19.8 Å². The van der Waals surface area contributed by atoms with Crippen molar-refractivity contribution in [3.63, 3.8) is 0 Å². The second kappa shape index (κ2) is 76.1. The summed E-state index contributed by atoms with van der Waals surface area (Å²) in [5.74, 6) is -0.789. The smallest absolute Gasteiger partial charge is 0.462 e. The Kier molecular flexibility index (Phi) is 73.7. The van der Waals surface area contributed by atoms with E-state index in [4.69, 9.17) is 18.5 Å². The molecule has 0 aromatic rings. The van der Waals surface area contributed by atoms with Crippen LogP contribution in [0.15, 0.2) is 97.2 Å². The first-order valence-corrected chi connectivity index (χ1v) is 42.5. The lowest BCUT2D eigenvalue weighted by atomic mass is 10.0. The number of unbranched alkanes of at least 4 members (excludes halogenated alkanes) is 46. The second-order valence-corrected chi connectivity index (χ2v) is 30.2. The van der Waals surface area contributed by atoms with E-state index in [-0.39, 0.29) is 32.0 Å². The maximum atomic E-state index is 12.9. The molecule has 0 fully saturated rings. The Morgan fingerprint density at radius 1 is 0.333 bits per heavy atom. The number of esters is 2. The summed E-state index contributed by atoms with van der Waals surface area (Å²) in [6.45, 7) is 4.37. The molecule has 0 spiro atoms. The molecule has 0 saturated heterocycles. The molecule has 1 N–H and O–H groups in total. The molecule has 0 radical (unpaired) electrons. The third-order valence-electron chi connectivity index (χ3n) is 18.1. The minimum atomic E-state index is -4.40. The summed E-state index contributed by atoms with van der Waals surface area (Å²) in [6.07, 6.45) is 107. The highest BCUT2D eigenvalue weighted by Crippen LogP contribution is 2.43. The molecule has 9 nitrogen and oxygen atoms in total. The molecule has 0 aromatic heterocycles. The van der Waals surface area contributed by atoms with Crippen LogP contribution in [0.3, 0.4) is 0 Å². The van der Waals surface area contributed by atoms with Gasteiger partial charge in [-0.3, -0.25) is 18.6 Å². The number of allylic oxidation sites excluding steroid dienone is 16. The molecular weight excluding hydrogens is 1210 g/mol. The maximum Gasteiger partial charge on any atom is 0.472 e. The Hall–Kier alpha value is -3.07. The first kappa shape index (κ1) is 92.9. The van der Waals surface area contributed by atoms with Crippen molar-refractivity contribution in [2.24, 2.45) is 0 Å². The number of hydrogen-bond acceptors (Lipinski definition) is 7. The Bertz CT molecular complexity index is 1940. The third-order valence-corrected chi connectivity index (χ3v) is 19.1. The van der Waals surface area contributed by atoms with Gasteiger partial charge in [0.25, 0.3) is 0 Å². The van der Waals surface area contributed by atoms with Gasteiger partial charge in [0.15, 0.2) is 6.10 Å². The molecule has 0 aliphatic heterocycles. The zero-order chi connectivity index (χ0) is 69.7. The minimum Gasteiger partial charge on any atom is -0.462 e. The number of nitrogens with zero attached hydrogens (tertiary/aromatic N) is 1. The lowest BCUT2D eigenvalue weighted by Gasteiger charge is -2.24. The van der Waals surface area contributed by atoms with Gasteiger partial charge in [-0.05, 0) is 77.0 Å². The van der Waals surface area contributed by atoms with Crippen molar-refractivity contribution in [3.8, 4) is 0 Å².